The van der Waals surface area contributed by atoms with E-state index in [0.29, 0.717) is 24.9 Å². The van der Waals surface area contributed by atoms with Crippen LogP contribution in [-0.4, -0.2) is 65.4 Å². The number of carboxylic acids is 1. The third-order valence-electron chi connectivity index (χ3n) is 5.86. The van der Waals surface area contributed by atoms with Crippen molar-refractivity contribution in [1.82, 2.24) is 16.0 Å². The van der Waals surface area contributed by atoms with Crippen LogP contribution >= 0.6 is 0 Å². The van der Waals surface area contributed by atoms with E-state index >= 15 is 0 Å². The van der Waals surface area contributed by atoms with Crippen LogP contribution in [0.1, 0.15) is 57.9 Å². The Morgan fingerprint density at radius 3 is 1.97 bits per heavy atom. The van der Waals surface area contributed by atoms with Gasteiger partial charge in [0.1, 0.15) is 18.1 Å². The van der Waals surface area contributed by atoms with Crippen LogP contribution in [0, 0.1) is 5.92 Å². The Hall–Kier alpha value is -3.51. The fourth-order valence-electron chi connectivity index (χ4n) is 3.77. The highest BCUT2D eigenvalue weighted by Gasteiger charge is 2.31. The van der Waals surface area contributed by atoms with E-state index in [-0.39, 0.29) is 31.6 Å². The Labute approximate surface area is 223 Å². The van der Waals surface area contributed by atoms with Crippen molar-refractivity contribution in [2.75, 3.05) is 6.54 Å². The number of unbranched alkanes of at least 4 members (excludes halogenated alkanes) is 1. The maximum atomic E-state index is 13.2. The van der Waals surface area contributed by atoms with Crippen molar-refractivity contribution >= 4 is 29.6 Å². The van der Waals surface area contributed by atoms with Gasteiger partial charge in [-0.2, -0.15) is 0 Å². The van der Waals surface area contributed by atoms with Crippen LogP contribution in [0.3, 0.4) is 0 Å². The second kappa shape index (κ2) is 17.1. The van der Waals surface area contributed by atoms with Crippen molar-refractivity contribution in [3.63, 3.8) is 0 Å². The maximum absolute atomic E-state index is 13.2. The minimum Gasteiger partial charge on any atom is -0.480 e. The Kier molecular flexibility index (Phi) is 14.6. The van der Waals surface area contributed by atoms with Crippen molar-refractivity contribution in [3.05, 3.63) is 35.9 Å². The molecule has 1 aromatic carbocycles. The van der Waals surface area contributed by atoms with Gasteiger partial charge in [-0.3, -0.25) is 19.2 Å². The highest BCUT2D eigenvalue weighted by Crippen LogP contribution is 2.09. The van der Waals surface area contributed by atoms with Gasteiger partial charge in [-0.05, 0) is 43.7 Å². The molecular formula is C26H42N6O6. The summed E-state index contributed by atoms with van der Waals surface area (Å²) in [7, 11) is 0. The molecule has 0 fully saturated rings. The molecule has 12 heteroatoms. The van der Waals surface area contributed by atoms with Crippen molar-refractivity contribution in [3.8, 4) is 0 Å². The lowest BCUT2D eigenvalue weighted by Gasteiger charge is -2.26. The molecule has 0 aliphatic rings. The fourth-order valence-corrected chi connectivity index (χ4v) is 3.77. The third-order valence-corrected chi connectivity index (χ3v) is 5.86. The van der Waals surface area contributed by atoms with E-state index in [1.54, 1.807) is 30.3 Å². The number of primary amides is 1. The molecule has 0 radical (unpaired) electrons. The molecule has 0 bridgehead atoms. The standard InChI is InChI=1S/C26H42N6O6/c1-16(2)14-20(31-23(34)18(28)10-6-7-13-27)25(36)30-19(11-12-22(29)33)24(35)32-21(26(37)38)15-17-8-4-3-5-9-17/h3-5,8-9,16,18-21H,6-7,10-15,27-28H2,1-2H3,(H2,29,33)(H,30,36)(H,31,34)(H,32,35)(H,37,38). The zero-order valence-corrected chi connectivity index (χ0v) is 22.2. The molecule has 4 atom stereocenters. The van der Waals surface area contributed by atoms with Crippen LogP contribution in [0.15, 0.2) is 30.3 Å². The molecule has 10 N–H and O–H groups in total. The van der Waals surface area contributed by atoms with Crippen molar-refractivity contribution in [2.24, 2.45) is 23.1 Å². The first kappa shape index (κ1) is 32.5. The summed E-state index contributed by atoms with van der Waals surface area (Å²) >= 11 is 0. The molecule has 0 saturated carbocycles. The molecule has 0 spiro atoms. The number of nitrogens with two attached hydrogens (primary N) is 3. The van der Waals surface area contributed by atoms with E-state index in [0.717, 1.165) is 6.42 Å². The average Bonchev–Trinajstić information content (AvgIpc) is 2.85. The lowest BCUT2D eigenvalue weighted by atomic mass is 10.0. The van der Waals surface area contributed by atoms with E-state index in [9.17, 15) is 29.1 Å². The molecule has 0 aliphatic heterocycles. The predicted octanol–water partition coefficient (Wildman–Crippen LogP) is -0.464. The summed E-state index contributed by atoms with van der Waals surface area (Å²) in [5, 5.41) is 17.3. The molecule has 0 saturated heterocycles. The summed E-state index contributed by atoms with van der Waals surface area (Å²) in [5.41, 5.74) is 17.4. The predicted molar refractivity (Wildman–Crippen MR) is 142 cm³/mol. The Morgan fingerprint density at radius 2 is 1.42 bits per heavy atom. The second-order valence-corrected chi connectivity index (χ2v) is 9.74. The van der Waals surface area contributed by atoms with E-state index in [4.69, 9.17) is 17.2 Å². The number of carboxylic acid groups (broad SMARTS) is 1. The first-order valence-corrected chi connectivity index (χ1v) is 12.9. The summed E-state index contributed by atoms with van der Waals surface area (Å²) < 4.78 is 0. The molecule has 0 aliphatic carbocycles. The largest absolute Gasteiger partial charge is 0.480 e. The van der Waals surface area contributed by atoms with Crippen LogP contribution in [0.5, 0.6) is 0 Å². The van der Waals surface area contributed by atoms with Crippen molar-refractivity contribution < 1.29 is 29.1 Å². The van der Waals surface area contributed by atoms with Crippen LogP contribution in [0.25, 0.3) is 0 Å². The molecule has 0 aromatic heterocycles. The molecule has 0 heterocycles. The number of carbonyl (C=O) groups is 5. The van der Waals surface area contributed by atoms with Crippen LogP contribution in [0.2, 0.25) is 0 Å². The normalized spacial score (nSPS) is 14.1. The summed E-state index contributed by atoms with van der Waals surface area (Å²) in [6.45, 7) is 4.22. The monoisotopic (exact) mass is 534 g/mol. The van der Waals surface area contributed by atoms with Crippen LogP contribution in [0.4, 0.5) is 0 Å². The van der Waals surface area contributed by atoms with Gasteiger partial charge in [0.2, 0.25) is 23.6 Å². The Morgan fingerprint density at radius 1 is 0.842 bits per heavy atom. The van der Waals surface area contributed by atoms with E-state index in [1.807, 2.05) is 13.8 Å². The van der Waals surface area contributed by atoms with Crippen molar-refractivity contribution in [1.29, 1.82) is 0 Å². The molecule has 4 amide bonds. The molecule has 12 nitrogen and oxygen atoms in total. The first-order valence-electron chi connectivity index (χ1n) is 12.9. The number of hydrogen-bond donors (Lipinski definition) is 7. The van der Waals surface area contributed by atoms with Gasteiger partial charge in [0, 0.05) is 12.8 Å². The number of nitrogens with one attached hydrogen (secondary N) is 3. The van der Waals surface area contributed by atoms with E-state index in [2.05, 4.69) is 16.0 Å². The van der Waals surface area contributed by atoms with E-state index < -0.39 is 53.8 Å². The minimum absolute atomic E-state index is 0.0136. The summed E-state index contributed by atoms with van der Waals surface area (Å²) in [5.74, 6) is -3.87. The van der Waals surface area contributed by atoms with Crippen molar-refractivity contribution in [2.45, 2.75) is 83.0 Å². The number of hydrogen-bond acceptors (Lipinski definition) is 7. The molecule has 1 aromatic rings. The van der Waals surface area contributed by atoms with Crippen LogP contribution < -0.4 is 33.2 Å². The zero-order chi connectivity index (χ0) is 28.7. The summed E-state index contributed by atoms with van der Waals surface area (Å²) in [6, 6.07) is 4.40. The summed E-state index contributed by atoms with van der Waals surface area (Å²) in [6.07, 6.45) is 1.70. The number of benzene rings is 1. The van der Waals surface area contributed by atoms with E-state index in [1.165, 1.54) is 0 Å². The van der Waals surface area contributed by atoms with Gasteiger partial charge in [0.25, 0.3) is 0 Å². The fraction of sp³-hybridized carbons (Fsp3) is 0.577. The Balaban J connectivity index is 2.99. The molecule has 1 rings (SSSR count). The molecule has 38 heavy (non-hydrogen) atoms. The quantitative estimate of drug-likeness (QED) is 0.122. The number of carbonyl (C=O) groups excluding carboxylic acids is 4. The first-order chi connectivity index (χ1) is 17.9. The van der Waals surface area contributed by atoms with Gasteiger partial charge in [0.05, 0.1) is 6.04 Å². The maximum Gasteiger partial charge on any atom is 0.326 e. The molecular weight excluding hydrogens is 492 g/mol. The van der Waals surface area contributed by atoms with Gasteiger partial charge < -0.3 is 38.3 Å². The molecule has 4 unspecified atom stereocenters. The molecule has 212 valence electrons. The minimum atomic E-state index is -1.27. The van der Waals surface area contributed by atoms with Crippen LogP contribution in [-0.2, 0) is 30.4 Å². The lowest BCUT2D eigenvalue weighted by molar-refractivity contribution is -0.142. The van der Waals surface area contributed by atoms with Gasteiger partial charge in [-0.15, -0.1) is 0 Å². The second-order valence-electron chi connectivity index (χ2n) is 9.74. The highest BCUT2D eigenvalue weighted by atomic mass is 16.4. The zero-order valence-electron chi connectivity index (χ0n) is 22.2. The van der Waals surface area contributed by atoms with Gasteiger partial charge >= 0.3 is 5.97 Å². The third kappa shape index (κ3) is 12.6. The SMILES string of the molecule is CC(C)CC(NC(=O)C(N)CCCCN)C(=O)NC(CCC(N)=O)C(=O)NC(Cc1ccccc1)C(=O)O. The van der Waals surface area contributed by atoms with Gasteiger partial charge in [0.15, 0.2) is 0 Å². The van der Waals surface area contributed by atoms with Gasteiger partial charge in [-0.1, -0.05) is 50.6 Å². The topological polar surface area (TPSA) is 220 Å². The smallest absolute Gasteiger partial charge is 0.326 e. The highest BCUT2D eigenvalue weighted by molar-refractivity contribution is 5.94. The van der Waals surface area contributed by atoms with Gasteiger partial charge in [-0.25, -0.2) is 4.79 Å². The average molecular weight is 535 g/mol. The summed E-state index contributed by atoms with van der Waals surface area (Å²) in [4.78, 5) is 62.1. The number of rotatable bonds is 18. The lowest BCUT2D eigenvalue weighted by Crippen LogP contribution is -2.57. The number of amides is 4. The Bertz CT molecular complexity index is 926. The number of aliphatic carboxylic acids is 1.